The van der Waals surface area contributed by atoms with Crippen molar-refractivity contribution in [2.24, 2.45) is 5.92 Å². The summed E-state index contributed by atoms with van der Waals surface area (Å²) in [6, 6.07) is 0. The molecular formula is C15H20N2O3. The van der Waals surface area contributed by atoms with Gasteiger partial charge in [-0.15, -0.1) is 0 Å². The number of likely N-dealkylation sites (tertiary alicyclic amines) is 1. The van der Waals surface area contributed by atoms with Crippen molar-refractivity contribution in [1.29, 1.82) is 0 Å². The molecule has 2 heterocycles. The normalized spacial score (nSPS) is 34.4. The van der Waals surface area contributed by atoms with Crippen LogP contribution in [0.25, 0.3) is 0 Å². The summed E-state index contributed by atoms with van der Waals surface area (Å²) in [5.74, 6) is -0.976. The Kier molecular flexibility index (Phi) is 3.17. The summed E-state index contributed by atoms with van der Waals surface area (Å²) in [6.07, 6.45) is 7.12. The first-order valence-electron chi connectivity index (χ1n) is 7.33. The number of nitrogens with zero attached hydrogens (tertiary/aromatic N) is 1. The van der Waals surface area contributed by atoms with Gasteiger partial charge < -0.3 is 5.11 Å². The molecule has 0 aromatic heterocycles. The first-order chi connectivity index (χ1) is 9.61. The molecule has 20 heavy (non-hydrogen) atoms. The van der Waals surface area contributed by atoms with Crippen LogP contribution in [0, 0.1) is 5.92 Å². The monoisotopic (exact) mass is 276 g/mol. The number of rotatable bonds is 2. The van der Waals surface area contributed by atoms with E-state index in [2.05, 4.69) is 10.2 Å². The van der Waals surface area contributed by atoms with Gasteiger partial charge in [0.1, 0.15) is 11.3 Å². The predicted molar refractivity (Wildman–Crippen MR) is 73.9 cm³/mol. The molecule has 3 rings (SSSR count). The van der Waals surface area contributed by atoms with E-state index in [9.17, 15) is 14.7 Å². The van der Waals surface area contributed by atoms with E-state index >= 15 is 0 Å². The molecule has 5 heteroatoms. The maximum atomic E-state index is 12.5. The molecule has 2 unspecified atom stereocenters. The van der Waals surface area contributed by atoms with Crippen LogP contribution in [-0.2, 0) is 9.59 Å². The van der Waals surface area contributed by atoms with Crippen molar-refractivity contribution in [3.63, 3.8) is 0 Å². The van der Waals surface area contributed by atoms with Gasteiger partial charge in [0.15, 0.2) is 0 Å². The Hall–Kier alpha value is -1.62. The lowest BCUT2D eigenvalue weighted by Gasteiger charge is -2.44. The van der Waals surface area contributed by atoms with E-state index in [0.717, 1.165) is 32.4 Å². The average Bonchev–Trinajstić information content (AvgIpc) is 2.72. The number of fused-ring (bicyclic) bond motifs is 1. The van der Waals surface area contributed by atoms with Gasteiger partial charge >= 0.3 is 0 Å². The number of carbonyl (C=O) groups is 2. The second-order valence-corrected chi connectivity index (χ2v) is 5.72. The molecule has 1 aliphatic carbocycles. The van der Waals surface area contributed by atoms with Crippen LogP contribution in [0.2, 0.25) is 0 Å². The van der Waals surface area contributed by atoms with Gasteiger partial charge in [-0.05, 0) is 44.0 Å². The van der Waals surface area contributed by atoms with Crippen LogP contribution in [0.1, 0.15) is 32.6 Å². The Balaban J connectivity index is 2.08. The standard InChI is InChI=1S/C15H20N2O3/c1-2-10-11(18)6-7-15(17-8-4-3-5-9-17)12(10)13(19)16-14(15)20/h6-7,12,18H,2-5,8-9H2,1H3,(H,16,19,20). The Morgan fingerprint density at radius 1 is 1.35 bits per heavy atom. The van der Waals surface area contributed by atoms with Crippen LogP contribution in [-0.4, -0.2) is 40.4 Å². The number of imide groups is 1. The van der Waals surface area contributed by atoms with Crippen LogP contribution < -0.4 is 5.32 Å². The van der Waals surface area contributed by atoms with E-state index < -0.39 is 11.5 Å². The number of carbonyl (C=O) groups excluding carboxylic acids is 2. The van der Waals surface area contributed by atoms with Crippen molar-refractivity contribution in [2.45, 2.75) is 38.1 Å². The number of hydrogen-bond acceptors (Lipinski definition) is 4. The highest BCUT2D eigenvalue weighted by Crippen LogP contribution is 2.43. The Bertz CT molecular complexity index is 517. The summed E-state index contributed by atoms with van der Waals surface area (Å²) in [7, 11) is 0. The number of hydrogen-bond donors (Lipinski definition) is 2. The lowest BCUT2D eigenvalue weighted by molar-refractivity contribution is -0.129. The summed E-state index contributed by atoms with van der Waals surface area (Å²) < 4.78 is 0. The third-order valence-corrected chi connectivity index (χ3v) is 4.74. The van der Waals surface area contributed by atoms with E-state index in [1.807, 2.05) is 6.92 Å². The fourth-order valence-electron chi connectivity index (χ4n) is 3.75. The third kappa shape index (κ3) is 1.66. The SMILES string of the molecule is CCC1=C(O)C=CC2(N3CCCCC3)C(=O)NC(=O)C12. The van der Waals surface area contributed by atoms with E-state index in [1.165, 1.54) is 0 Å². The number of piperidine rings is 1. The van der Waals surface area contributed by atoms with Gasteiger partial charge in [-0.25, -0.2) is 0 Å². The van der Waals surface area contributed by atoms with Gasteiger partial charge in [-0.2, -0.15) is 0 Å². The largest absolute Gasteiger partial charge is 0.508 e. The summed E-state index contributed by atoms with van der Waals surface area (Å²) in [6.45, 7) is 3.54. The van der Waals surface area contributed by atoms with Crippen molar-refractivity contribution in [3.8, 4) is 0 Å². The quantitative estimate of drug-likeness (QED) is 0.745. The highest BCUT2D eigenvalue weighted by molar-refractivity contribution is 6.13. The molecule has 2 amide bonds. The number of aliphatic hydroxyl groups is 1. The minimum Gasteiger partial charge on any atom is -0.508 e. The van der Waals surface area contributed by atoms with E-state index in [1.54, 1.807) is 12.2 Å². The van der Waals surface area contributed by atoms with Crippen LogP contribution >= 0.6 is 0 Å². The zero-order valence-corrected chi connectivity index (χ0v) is 11.7. The molecule has 0 aromatic rings. The lowest BCUT2D eigenvalue weighted by Crippen LogP contribution is -2.58. The van der Waals surface area contributed by atoms with E-state index in [4.69, 9.17) is 0 Å². The molecule has 108 valence electrons. The molecule has 0 spiro atoms. The van der Waals surface area contributed by atoms with Crippen molar-refractivity contribution in [2.75, 3.05) is 13.1 Å². The summed E-state index contributed by atoms with van der Waals surface area (Å²) in [5, 5.41) is 12.5. The summed E-state index contributed by atoms with van der Waals surface area (Å²) >= 11 is 0. The van der Waals surface area contributed by atoms with Crippen molar-refractivity contribution in [3.05, 3.63) is 23.5 Å². The van der Waals surface area contributed by atoms with Gasteiger partial charge in [-0.1, -0.05) is 19.4 Å². The first kappa shape index (κ1) is 13.4. The molecular weight excluding hydrogens is 256 g/mol. The summed E-state index contributed by atoms with van der Waals surface area (Å²) in [5.41, 5.74) is -0.254. The zero-order chi connectivity index (χ0) is 14.3. The Labute approximate surface area is 118 Å². The fourth-order valence-corrected chi connectivity index (χ4v) is 3.75. The van der Waals surface area contributed by atoms with Crippen LogP contribution in [0.4, 0.5) is 0 Å². The van der Waals surface area contributed by atoms with Crippen molar-refractivity contribution in [1.82, 2.24) is 10.2 Å². The maximum Gasteiger partial charge on any atom is 0.252 e. The molecule has 2 atom stereocenters. The van der Waals surface area contributed by atoms with Gasteiger partial charge in [0.2, 0.25) is 5.91 Å². The van der Waals surface area contributed by atoms with E-state index in [-0.39, 0.29) is 17.6 Å². The molecule has 2 saturated heterocycles. The molecule has 0 radical (unpaired) electrons. The zero-order valence-electron chi connectivity index (χ0n) is 11.7. The minimum absolute atomic E-state index is 0.134. The molecule has 2 N–H and O–H groups in total. The molecule has 5 nitrogen and oxygen atoms in total. The third-order valence-electron chi connectivity index (χ3n) is 4.74. The van der Waals surface area contributed by atoms with Crippen LogP contribution in [0.15, 0.2) is 23.5 Å². The van der Waals surface area contributed by atoms with Gasteiger partial charge in [0, 0.05) is 0 Å². The Morgan fingerprint density at radius 3 is 2.70 bits per heavy atom. The number of allylic oxidation sites excluding steroid dienone is 1. The van der Waals surface area contributed by atoms with Gasteiger partial charge in [0.05, 0.1) is 5.92 Å². The van der Waals surface area contributed by atoms with Crippen molar-refractivity contribution >= 4 is 11.8 Å². The molecule has 0 saturated carbocycles. The smallest absolute Gasteiger partial charge is 0.252 e. The first-order valence-corrected chi connectivity index (χ1v) is 7.33. The minimum atomic E-state index is -0.922. The maximum absolute atomic E-state index is 12.5. The highest BCUT2D eigenvalue weighted by Gasteiger charge is 2.59. The molecule has 2 aliphatic heterocycles. The fraction of sp³-hybridized carbons (Fsp3) is 0.600. The molecule has 0 bridgehead atoms. The predicted octanol–water partition coefficient (Wildman–Crippen LogP) is 1.28. The van der Waals surface area contributed by atoms with Crippen molar-refractivity contribution < 1.29 is 14.7 Å². The van der Waals surface area contributed by atoms with Gasteiger partial charge in [-0.3, -0.25) is 19.8 Å². The molecule has 0 aromatic carbocycles. The second kappa shape index (κ2) is 4.74. The second-order valence-electron chi connectivity index (χ2n) is 5.72. The number of nitrogens with one attached hydrogen (secondary N) is 1. The van der Waals surface area contributed by atoms with Gasteiger partial charge in [0.25, 0.3) is 5.91 Å². The number of aliphatic hydroxyl groups excluding tert-OH is 1. The molecule has 3 aliphatic rings. The lowest BCUT2D eigenvalue weighted by atomic mass is 9.74. The summed E-state index contributed by atoms with van der Waals surface area (Å²) in [4.78, 5) is 26.8. The molecule has 2 fully saturated rings. The Morgan fingerprint density at radius 2 is 2.05 bits per heavy atom. The van der Waals surface area contributed by atoms with Crippen LogP contribution in [0.3, 0.4) is 0 Å². The number of amides is 2. The van der Waals surface area contributed by atoms with E-state index in [0.29, 0.717) is 12.0 Å². The highest BCUT2D eigenvalue weighted by atomic mass is 16.3. The average molecular weight is 276 g/mol. The van der Waals surface area contributed by atoms with Crippen LogP contribution in [0.5, 0.6) is 0 Å². The topological polar surface area (TPSA) is 69.6 Å².